The second-order valence-electron chi connectivity index (χ2n) is 8.52. The third-order valence-electron chi connectivity index (χ3n) is 5.96. The summed E-state index contributed by atoms with van der Waals surface area (Å²) in [6.45, 7) is 3.07. The fourth-order valence-corrected chi connectivity index (χ4v) is 5.56. The van der Waals surface area contributed by atoms with E-state index in [0.29, 0.717) is 41.2 Å². The van der Waals surface area contributed by atoms with Crippen LogP contribution in [0.15, 0.2) is 71.6 Å². The molecule has 0 unspecified atom stereocenters. The lowest BCUT2D eigenvalue weighted by molar-refractivity contribution is 0.102. The van der Waals surface area contributed by atoms with E-state index in [-0.39, 0.29) is 11.5 Å². The molecule has 1 saturated heterocycles. The summed E-state index contributed by atoms with van der Waals surface area (Å²) in [6.07, 6.45) is 2.73. The molecule has 8 heteroatoms. The van der Waals surface area contributed by atoms with Crippen LogP contribution in [0.25, 0.3) is 0 Å². The zero-order chi connectivity index (χ0) is 24.8. The van der Waals surface area contributed by atoms with E-state index in [1.165, 1.54) is 10.4 Å². The lowest BCUT2D eigenvalue weighted by Crippen LogP contribution is -2.35. The number of ether oxygens (including phenoxy) is 1. The Bertz CT molecular complexity index is 1370. The van der Waals surface area contributed by atoms with Crippen molar-refractivity contribution in [3.05, 3.63) is 89.0 Å². The summed E-state index contributed by atoms with van der Waals surface area (Å²) in [5.41, 5.74) is 2.95. The van der Waals surface area contributed by atoms with Crippen molar-refractivity contribution in [3.63, 3.8) is 0 Å². The predicted octanol–water partition coefficient (Wildman–Crippen LogP) is 4.87. The second-order valence-corrected chi connectivity index (χ2v) is 10.5. The van der Waals surface area contributed by atoms with Gasteiger partial charge in [0, 0.05) is 30.4 Å². The molecule has 0 bridgehead atoms. The number of benzene rings is 3. The van der Waals surface area contributed by atoms with Gasteiger partial charge in [-0.2, -0.15) is 9.57 Å². The monoisotopic (exact) mass is 489 g/mol. The summed E-state index contributed by atoms with van der Waals surface area (Å²) in [7, 11) is -3.64. The molecule has 1 fully saturated rings. The summed E-state index contributed by atoms with van der Waals surface area (Å²) in [4.78, 5) is 13.2. The summed E-state index contributed by atoms with van der Waals surface area (Å²) < 4.78 is 33.5. The van der Waals surface area contributed by atoms with E-state index < -0.39 is 15.9 Å². The van der Waals surface area contributed by atoms with Crippen molar-refractivity contribution in [1.29, 1.82) is 5.26 Å². The molecular weight excluding hydrogens is 462 g/mol. The summed E-state index contributed by atoms with van der Waals surface area (Å²) in [6, 6.07) is 20.9. The topological polar surface area (TPSA) is 99.5 Å². The van der Waals surface area contributed by atoms with E-state index in [4.69, 9.17) is 10.00 Å². The smallest absolute Gasteiger partial charge is 0.255 e. The number of nitriles is 1. The van der Waals surface area contributed by atoms with Crippen LogP contribution in [0.5, 0.6) is 5.75 Å². The van der Waals surface area contributed by atoms with Gasteiger partial charge in [-0.1, -0.05) is 30.7 Å². The third-order valence-corrected chi connectivity index (χ3v) is 7.85. The molecular formula is C27H27N3O4S. The van der Waals surface area contributed by atoms with Gasteiger partial charge in [0.05, 0.1) is 16.5 Å². The number of nitrogens with one attached hydrogen (secondary N) is 1. The molecule has 7 nitrogen and oxygen atoms in total. The number of hydrogen-bond donors (Lipinski definition) is 1. The average Bonchev–Trinajstić information content (AvgIpc) is 2.88. The highest BCUT2D eigenvalue weighted by atomic mass is 32.2. The summed E-state index contributed by atoms with van der Waals surface area (Å²) in [5.74, 6) is 0.167. The van der Waals surface area contributed by atoms with Crippen molar-refractivity contribution < 1.29 is 17.9 Å². The first kappa shape index (κ1) is 24.5. The maximum atomic E-state index is 13.1. The molecule has 4 rings (SSSR count). The molecule has 0 aromatic heterocycles. The molecule has 0 spiro atoms. The van der Waals surface area contributed by atoms with Crippen LogP contribution in [0.1, 0.15) is 46.3 Å². The van der Waals surface area contributed by atoms with E-state index in [2.05, 4.69) is 11.4 Å². The molecule has 0 atom stereocenters. The zero-order valence-corrected chi connectivity index (χ0v) is 20.3. The highest BCUT2D eigenvalue weighted by Crippen LogP contribution is 2.24. The molecule has 35 heavy (non-hydrogen) atoms. The highest BCUT2D eigenvalue weighted by Gasteiger charge is 2.27. The molecule has 3 aromatic rings. The van der Waals surface area contributed by atoms with Crippen LogP contribution < -0.4 is 10.1 Å². The molecule has 1 aliphatic rings. The van der Waals surface area contributed by atoms with Crippen molar-refractivity contribution >= 4 is 21.6 Å². The SMILES string of the molecule is Cc1ccc(S(=O)(=O)N2CCCCC2)cc1C(=O)Nc1cccc(OCc2cccc(C#N)c2)c1. The summed E-state index contributed by atoms with van der Waals surface area (Å²) in [5, 5.41) is 11.9. The fraction of sp³-hybridized carbons (Fsp3) is 0.259. The van der Waals surface area contributed by atoms with Gasteiger partial charge in [0.25, 0.3) is 5.91 Å². The molecule has 0 radical (unpaired) electrons. The Hall–Kier alpha value is -3.67. The molecule has 1 aliphatic heterocycles. The van der Waals surface area contributed by atoms with Crippen LogP contribution in [-0.2, 0) is 16.6 Å². The van der Waals surface area contributed by atoms with Gasteiger partial charge in [0.15, 0.2) is 0 Å². The number of carbonyl (C=O) groups is 1. The first-order valence-corrected chi connectivity index (χ1v) is 12.9. The number of sulfonamides is 1. The first-order valence-electron chi connectivity index (χ1n) is 11.5. The van der Waals surface area contributed by atoms with Crippen LogP contribution in [0, 0.1) is 18.3 Å². The molecule has 1 amide bonds. The molecule has 0 saturated carbocycles. The minimum atomic E-state index is -3.64. The molecule has 3 aromatic carbocycles. The maximum absolute atomic E-state index is 13.1. The number of carbonyl (C=O) groups excluding carboxylic acids is 1. The molecule has 0 aliphatic carbocycles. The first-order chi connectivity index (χ1) is 16.9. The number of piperidine rings is 1. The van der Waals surface area contributed by atoms with Gasteiger partial charge in [0.1, 0.15) is 12.4 Å². The van der Waals surface area contributed by atoms with Gasteiger partial charge in [0.2, 0.25) is 10.0 Å². The minimum absolute atomic E-state index is 0.131. The standard InChI is InChI=1S/C27H27N3O4S/c1-20-11-12-25(35(32,33)30-13-3-2-4-14-30)17-26(20)27(31)29-23-9-6-10-24(16-23)34-19-22-8-5-7-21(15-22)18-28/h5-12,15-17H,2-4,13-14,19H2,1H3,(H,29,31). The Kier molecular flexibility index (Phi) is 7.49. The fourth-order valence-electron chi connectivity index (χ4n) is 4.02. The average molecular weight is 490 g/mol. The van der Waals surface area contributed by atoms with Gasteiger partial charge in [-0.05, 0) is 67.3 Å². The van der Waals surface area contributed by atoms with Crippen LogP contribution >= 0.6 is 0 Å². The van der Waals surface area contributed by atoms with Gasteiger partial charge in [-0.15, -0.1) is 0 Å². The minimum Gasteiger partial charge on any atom is -0.489 e. The molecule has 1 N–H and O–H groups in total. The van der Waals surface area contributed by atoms with Gasteiger partial charge in [-0.25, -0.2) is 8.42 Å². The van der Waals surface area contributed by atoms with Crippen molar-refractivity contribution in [2.24, 2.45) is 0 Å². The number of aryl methyl sites for hydroxylation is 1. The Morgan fingerprint density at radius 3 is 2.57 bits per heavy atom. The molecule has 1 heterocycles. The van der Waals surface area contributed by atoms with E-state index in [9.17, 15) is 13.2 Å². The Morgan fingerprint density at radius 2 is 1.80 bits per heavy atom. The van der Waals surface area contributed by atoms with E-state index in [0.717, 1.165) is 24.8 Å². The maximum Gasteiger partial charge on any atom is 0.255 e. The van der Waals surface area contributed by atoms with Crippen molar-refractivity contribution in [2.75, 3.05) is 18.4 Å². The Labute approximate surface area is 206 Å². The van der Waals surface area contributed by atoms with Crippen molar-refractivity contribution in [3.8, 4) is 11.8 Å². The van der Waals surface area contributed by atoms with Crippen LogP contribution in [0.2, 0.25) is 0 Å². The third kappa shape index (κ3) is 5.88. The molecule has 180 valence electrons. The Morgan fingerprint density at radius 1 is 1.03 bits per heavy atom. The van der Waals surface area contributed by atoms with Crippen molar-refractivity contribution in [2.45, 2.75) is 37.7 Å². The lowest BCUT2D eigenvalue weighted by Gasteiger charge is -2.26. The van der Waals surface area contributed by atoms with Crippen LogP contribution in [0.3, 0.4) is 0 Å². The van der Waals surface area contributed by atoms with E-state index >= 15 is 0 Å². The number of rotatable bonds is 7. The van der Waals surface area contributed by atoms with Gasteiger partial charge in [-0.3, -0.25) is 4.79 Å². The van der Waals surface area contributed by atoms with Crippen LogP contribution in [-0.4, -0.2) is 31.7 Å². The quantitative estimate of drug-likeness (QED) is 0.510. The number of hydrogen-bond acceptors (Lipinski definition) is 5. The van der Waals surface area contributed by atoms with E-state index in [1.54, 1.807) is 61.5 Å². The lowest BCUT2D eigenvalue weighted by atomic mass is 10.1. The van der Waals surface area contributed by atoms with Gasteiger partial charge >= 0.3 is 0 Å². The largest absolute Gasteiger partial charge is 0.489 e. The van der Waals surface area contributed by atoms with E-state index in [1.807, 2.05) is 6.07 Å². The van der Waals surface area contributed by atoms with Crippen LogP contribution in [0.4, 0.5) is 5.69 Å². The van der Waals surface area contributed by atoms with Gasteiger partial charge < -0.3 is 10.1 Å². The number of amides is 1. The summed E-state index contributed by atoms with van der Waals surface area (Å²) >= 11 is 0. The second kappa shape index (κ2) is 10.7. The highest BCUT2D eigenvalue weighted by molar-refractivity contribution is 7.89. The van der Waals surface area contributed by atoms with Crippen molar-refractivity contribution in [1.82, 2.24) is 4.31 Å². The Balaban J connectivity index is 1.48. The number of anilines is 1. The predicted molar refractivity (Wildman–Crippen MR) is 134 cm³/mol. The normalized spacial score (nSPS) is 14.2. The zero-order valence-electron chi connectivity index (χ0n) is 19.5. The number of nitrogens with zero attached hydrogens (tertiary/aromatic N) is 2.